The largest absolute Gasteiger partial charge is 0.566 e. The van der Waals surface area contributed by atoms with Gasteiger partial charge in [0.05, 0.1) is 0 Å². The fourth-order valence-corrected chi connectivity index (χ4v) is 0.992. The fourth-order valence-electron chi connectivity index (χ4n) is 0.714. The van der Waals surface area contributed by atoms with Gasteiger partial charge >= 0.3 is 8.25 Å². The fraction of sp³-hybridized carbons (Fsp3) is 0.600. The minimum Gasteiger partial charge on any atom is -0.566 e. The third kappa shape index (κ3) is 3.52. The Kier molecular flexibility index (Phi) is 3.79. The van der Waals surface area contributed by atoms with E-state index in [-0.39, 0.29) is 6.61 Å². The first kappa shape index (κ1) is 9.25. The lowest BCUT2D eigenvalue weighted by atomic mass is 10.5. The molecule has 0 aliphatic heterocycles. The summed E-state index contributed by atoms with van der Waals surface area (Å²) in [5, 5.41) is 3.83. The Balaban J connectivity index is 2.07. The summed E-state index contributed by atoms with van der Waals surface area (Å²) in [6.45, 7) is 0.807. The Hall–Kier alpha value is -0.840. The van der Waals surface area contributed by atoms with Crippen LogP contribution >= 0.6 is 8.25 Å². The summed E-state index contributed by atoms with van der Waals surface area (Å²) in [5.74, 6) is 0. The molecule has 0 spiro atoms. The summed E-state index contributed by atoms with van der Waals surface area (Å²) >= 11 is 0. The first-order chi connectivity index (χ1) is 5.79. The lowest BCUT2D eigenvalue weighted by molar-refractivity contribution is -0.185. The summed E-state index contributed by atoms with van der Waals surface area (Å²) in [6, 6.07) is 0. The van der Waals surface area contributed by atoms with Crippen molar-refractivity contribution in [3.63, 3.8) is 0 Å². The Morgan fingerprint density at radius 3 is 3.08 bits per heavy atom. The molecule has 0 fully saturated rings. The predicted octanol–water partition coefficient (Wildman–Crippen LogP) is -0.298. The number of rotatable bonds is 5. The second-order valence-electron chi connectivity index (χ2n) is 2.07. The van der Waals surface area contributed by atoms with Crippen LogP contribution in [0.3, 0.4) is 0 Å². The molecule has 0 radical (unpaired) electrons. The van der Waals surface area contributed by atoms with Gasteiger partial charge in [-0.1, -0.05) is 0 Å². The summed E-state index contributed by atoms with van der Waals surface area (Å²) in [5.41, 5.74) is 0. The van der Waals surface area contributed by atoms with Crippen molar-refractivity contribution in [2.24, 2.45) is 0 Å². The van der Waals surface area contributed by atoms with Crippen LogP contribution in [-0.2, 0) is 15.6 Å². The van der Waals surface area contributed by atoms with Crippen molar-refractivity contribution in [2.45, 2.75) is 13.0 Å². The van der Waals surface area contributed by atoms with Crippen LogP contribution in [0.1, 0.15) is 6.42 Å². The van der Waals surface area contributed by atoms with Gasteiger partial charge in [-0.25, -0.2) is 4.98 Å². The normalized spacial score (nSPS) is 11.6. The molecule has 0 saturated carbocycles. The molecular formula is C5H8N3O3P. The SMILES string of the molecule is O=[P+]([O-])OCCCn1cncn1. The smallest absolute Gasteiger partial charge is 0.488 e. The van der Waals surface area contributed by atoms with E-state index in [1.54, 1.807) is 11.0 Å². The Morgan fingerprint density at radius 2 is 2.50 bits per heavy atom. The maximum atomic E-state index is 9.94. The van der Waals surface area contributed by atoms with Crippen LogP contribution in [0.5, 0.6) is 0 Å². The van der Waals surface area contributed by atoms with Crippen LogP contribution in [0, 0.1) is 0 Å². The molecule has 1 unspecified atom stereocenters. The van der Waals surface area contributed by atoms with Crippen LogP contribution in [0.15, 0.2) is 12.7 Å². The predicted molar refractivity (Wildman–Crippen MR) is 38.2 cm³/mol. The van der Waals surface area contributed by atoms with Gasteiger partial charge in [0.1, 0.15) is 19.3 Å². The average molecular weight is 189 g/mol. The first-order valence-electron chi connectivity index (χ1n) is 3.39. The highest BCUT2D eigenvalue weighted by atomic mass is 31.1. The van der Waals surface area contributed by atoms with E-state index in [4.69, 9.17) is 0 Å². The molecule has 1 aromatic heterocycles. The van der Waals surface area contributed by atoms with Gasteiger partial charge in [0.15, 0.2) is 0 Å². The van der Waals surface area contributed by atoms with E-state index < -0.39 is 8.25 Å². The van der Waals surface area contributed by atoms with Crippen molar-refractivity contribution in [3.8, 4) is 0 Å². The number of hydrogen-bond acceptors (Lipinski definition) is 5. The average Bonchev–Trinajstić information content (AvgIpc) is 2.49. The monoisotopic (exact) mass is 189 g/mol. The highest BCUT2D eigenvalue weighted by Gasteiger charge is 2.00. The van der Waals surface area contributed by atoms with Gasteiger partial charge in [0.25, 0.3) is 0 Å². The Labute approximate surface area is 70.1 Å². The molecule has 1 aromatic rings. The van der Waals surface area contributed by atoms with E-state index in [9.17, 15) is 9.46 Å². The van der Waals surface area contributed by atoms with Crippen molar-refractivity contribution >= 4 is 8.25 Å². The molecule has 1 heterocycles. The maximum Gasteiger partial charge on any atom is 0.488 e. The lowest BCUT2D eigenvalue weighted by Crippen LogP contribution is -2.02. The van der Waals surface area contributed by atoms with E-state index in [2.05, 4.69) is 14.6 Å². The standard InChI is InChI=1S/C5H8N3O3P/c9-12(10)11-3-1-2-8-5-6-4-7-8/h4-5H,1-3H2. The molecule has 12 heavy (non-hydrogen) atoms. The number of nitrogens with zero attached hydrogens (tertiary/aromatic N) is 3. The molecule has 6 nitrogen and oxygen atoms in total. The maximum absolute atomic E-state index is 9.94. The molecule has 0 aromatic carbocycles. The molecule has 0 amide bonds. The molecule has 0 N–H and O–H groups in total. The first-order valence-corrected chi connectivity index (χ1v) is 4.48. The molecule has 66 valence electrons. The van der Waals surface area contributed by atoms with Gasteiger partial charge in [-0.3, -0.25) is 4.68 Å². The number of aryl methyl sites for hydroxylation is 1. The van der Waals surface area contributed by atoms with Crippen molar-refractivity contribution in [1.29, 1.82) is 0 Å². The zero-order valence-electron chi connectivity index (χ0n) is 6.29. The second-order valence-corrected chi connectivity index (χ2v) is 2.77. The summed E-state index contributed by atoms with van der Waals surface area (Å²) in [7, 11) is -2.71. The van der Waals surface area contributed by atoms with E-state index in [1.807, 2.05) is 0 Å². The summed E-state index contributed by atoms with van der Waals surface area (Å²) in [6.07, 6.45) is 3.60. The van der Waals surface area contributed by atoms with Crippen LogP contribution in [-0.4, -0.2) is 21.4 Å². The summed E-state index contributed by atoms with van der Waals surface area (Å²) in [4.78, 5) is 13.7. The summed E-state index contributed by atoms with van der Waals surface area (Å²) < 4.78 is 15.9. The van der Waals surface area contributed by atoms with Crippen LogP contribution in [0.4, 0.5) is 0 Å². The number of hydrogen-bond donors (Lipinski definition) is 0. The topological polar surface area (TPSA) is 80.1 Å². The van der Waals surface area contributed by atoms with Gasteiger partial charge in [-0.2, -0.15) is 5.10 Å². The van der Waals surface area contributed by atoms with Gasteiger partial charge in [0.2, 0.25) is 0 Å². The molecule has 0 bridgehead atoms. The van der Waals surface area contributed by atoms with E-state index in [0.717, 1.165) is 0 Å². The van der Waals surface area contributed by atoms with Crippen molar-refractivity contribution < 1.29 is 14.0 Å². The molecular weight excluding hydrogens is 181 g/mol. The van der Waals surface area contributed by atoms with Crippen molar-refractivity contribution in [1.82, 2.24) is 14.8 Å². The van der Waals surface area contributed by atoms with Gasteiger partial charge in [-0.15, -0.1) is 4.52 Å². The van der Waals surface area contributed by atoms with Gasteiger partial charge < -0.3 is 4.89 Å². The third-order valence-electron chi connectivity index (χ3n) is 1.19. The molecule has 1 rings (SSSR count). The second kappa shape index (κ2) is 4.92. The third-order valence-corrected chi connectivity index (χ3v) is 1.59. The number of aromatic nitrogens is 3. The minimum atomic E-state index is -2.71. The molecule has 0 aliphatic rings. The zero-order chi connectivity index (χ0) is 8.81. The van der Waals surface area contributed by atoms with Crippen LogP contribution in [0.2, 0.25) is 0 Å². The van der Waals surface area contributed by atoms with Crippen molar-refractivity contribution in [2.75, 3.05) is 6.61 Å². The highest BCUT2D eigenvalue weighted by Crippen LogP contribution is 2.08. The lowest BCUT2D eigenvalue weighted by Gasteiger charge is -1.96. The minimum absolute atomic E-state index is 0.193. The molecule has 7 heteroatoms. The van der Waals surface area contributed by atoms with E-state index in [0.29, 0.717) is 13.0 Å². The van der Waals surface area contributed by atoms with Crippen LogP contribution in [0.25, 0.3) is 0 Å². The molecule has 0 aliphatic carbocycles. The Morgan fingerprint density at radius 1 is 1.67 bits per heavy atom. The highest BCUT2D eigenvalue weighted by molar-refractivity contribution is 7.30. The van der Waals surface area contributed by atoms with Gasteiger partial charge in [-0.05, 0) is 11.0 Å². The molecule has 1 atom stereocenters. The quantitative estimate of drug-likeness (QED) is 0.469. The van der Waals surface area contributed by atoms with Gasteiger partial charge in [0, 0.05) is 6.54 Å². The van der Waals surface area contributed by atoms with E-state index >= 15 is 0 Å². The Bertz CT molecular complexity index is 238. The van der Waals surface area contributed by atoms with Crippen molar-refractivity contribution in [3.05, 3.63) is 12.7 Å². The molecule has 0 saturated heterocycles. The van der Waals surface area contributed by atoms with E-state index in [1.165, 1.54) is 6.33 Å². The zero-order valence-corrected chi connectivity index (χ0v) is 7.18. The van der Waals surface area contributed by atoms with Crippen LogP contribution < -0.4 is 4.89 Å².